The maximum absolute atomic E-state index is 11.8. The summed E-state index contributed by atoms with van der Waals surface area (Å²) in [6.07, 6.45) is 2.74. The summed E-state index contributed by atoms with van der Waals surface area (Å²) in [5.74, 6) is -0.0598. The monoisotopic (exact) mass is 261 g/mol. The Labute approximate surface area is 101 Å². The first-order chi connectivity index (χ1) is 7.78. The Hall–Kier alpha value is -1.24. The molecule has 6 nitrogen and oxygen atoms in total. The van der Waals surface area contributed by atoms with Crippen LogP contribution < -0.4 is 11.3 Å². The summed E-state index contributed by atoms with van der Waals surface area (Å²) in [7, 11) is -1.36. The van der Waals surface area contributed by atoms with E-state index >= 15 is 0 Å². The Morgan fingerprint density at radius 1 is 1.35 bits per heavy atom. The number of nitrogen functional groups attached to an aromatic ring is 1. The third kappa shape index (κ3) is 3.12. The molecule has 7 heteroatoms. The molecular formula is C10H19N3O3S. The van der Waals surface area contributed by atoms with Crippen LogP contribution in [0.25, 0.3) is 0 Å². The van der Waals surface area contributed by atoms with Gasteiger partial charge in [0.05, 0.1) is 18.0 Å². The molecule has 2 N–H and O–H groups in total. The highest BCUT2D eigenvalue weighted by atomic mass is 32.2. The normalized spacial score (nSPS) is 11.9. The average molecular weight is 261 g/mol. The van der Waals surface area contributed by atoms with Crippen molar-refractivity contribution in [3.8, 4) is 0 Å². The second kappa shape index (κ2) is 4.95. The van der Waals surface area contributed by atoms with E-state index in [1.807, 2.05) is 6.92 Å². The lowest BCUT2D eigenvalue weighted by atomic mass is 10.2. The maximum atomic E-state index is 11.8. The fourth-order valence-electron chi connectivity index (χ4n) is 1.76. The van der Waals surface area contributed by atoms with Crippen LogP contribution in [0.2, 0.25) is 0 Å². The molecule has 0 bridgehead atoms. The summed E-state index contributed by atoms with van der Waals surface area (Å²) in [6, 6.07) is 0. The maximum Gasteiger partial charge on any atom is 0.290 e. The number of nitrogens with two attached hydrogens (primary N) is 1. The highest BCUT2D eigenvalue weighted by Crippen LogP contribution is 2.09. The predicted octanol–water partition coefficient (Wildman–Crippen LogP) is -0.234. The van der Waals surface area contributed by atoms with Crippen LogP contribution in [0.5, 0.6) is 0 Å². The Morgan fingerprint density at radius 2 is 1.94 bits per heavy atom. The molecule has 0 aromatic carbocycles. The molecule has 0 aliphatic rings. The van der Waals surface area contributed by atoms with Crippen molar-refractivity contribution in [1.29, 1.82) is 0 Å². The molecule has 17 heavy (non-hydrogen) atoms. The topological polar surface area (TPSA) is 87.1 Å². The second-order valence-electron chi connectivity index (χ2n) is 4.19. The highest BCUT2D eigenvalue weighted by molar-refractivity contribution is 7.90. The highest BCUT2D eigenvalue weighted by Gasteiger charge is 2.15. The standard InChI is InChI=1S/C10H19N3O3S/c1-4-5-8-9(11)10(14)13(12(8)2)6-7-17(3,15)16/h4-7,11H2,1-3H3. The van der Waals surface area contributed by atoms with Crippen LogP contribution in [0.1, 0.15) is 19.0 Å². The first-order valence-corrected chi connectivity index (χ1v) is 7.55. The van der Waals surface area contributed by atoms with Crippen LogP contribution in [0.3, 0.4) is 0 Å². The van der Waals surface area contributed by atoms with Gasteiger partial charge in [-0.25, -0.2) is 13.1 Å². The van der Waals surface area contributed by atoms with Crippen molar-refractivity contribution in [1.82, 2.24) is 9.36 Å². The Kier molecular flexibility index (Phi) is 4.03. The Balaban J connectivity index is 3.09. The lowest BCUT2D eigenvalue weighted by Crippen LogP contribution is -2.26. The third-order valence-electron chi connectivity index (χ3n) is 2.69. The van der Waals surface area contributed by atoms with Gasteiger partial charge in [-0.2, -0.15) is 0 Å². The summed E-state index contributed by atoms with van der Waals surface area (Å²) in [4.78, 5) is 11.8. The van der Waals surface area contributed by atoms with Crippen LogP contribution in [0.4, 0.5) is 5.69 Å². The van der Waals surface area contributed by atoms with E-state index in [9.17, 15) is 13.2 Å². The molecule has 0 radical (unpaired) electrons. The van der Waals surface area contributed by atoms with Crippen molar-refractivity contribution < 1.29 is 8.42 Å². The molecule has 1 rings (SSSR count). The van der Waals surface area contributed by atoms with E-state index in [-0.39, 0.29) is 23.5 Å². The van der Waals surface area contributed by atoms with Crippen molar-refractivity contribution >= 4 is 15.5 Å². The summed E-state index contributed by atoms with van der Waals surface area (Å²) >= 11 is 0. The number of rotatable bonds is 5. The molecule has 0 spiro atoms. The fourth-order valence-corrected chi connectivity index (χ4v) is 2.26. The van der Waals surface area contributed by atoms with E-state index in [2.05, 4.69) is 0 Å². The summed E-state index contributed by atoms with van der Waals surface area (Å²) in [5, 5.41) is 0. The molecule has 0 atom stereocenters. The second-order valence-corrected chi connectivity index (χ2v) is 6.45. The molecule has 0 aliphatic carbocycles. The lowest BCUT2D eigenvalue weighted by Gasteiger charge is -2.08. The zero-order valence-electron chi connectivity index (χ0n) is 10.4. The number of nitrogens with zero attached hydrogens (tertiary/aromatic N) is 2. The number of hydrogen-bond donors (Lipinski definition) is 1. The number of aromatic nitrogens is 2. The zero-order chi connectivity index (χ0) is 13.2. The van der Waals surface area contributed by atoms with E-state index in [1.165, 1.54) is 4.68 Å². The van der Waals surface area contributed by atoms with Gasteiger partial charge in [-0.05, 0) is 6.42 Å². The van der Waals surface area contributed by atoms with E-state index in [4.69, 9.17) is 5.73 Å². The van der Waals surface area contributed by atoms with Gasteiger partial charge < -0.3 is 5.73 Å². The lowest BCUT2D eigenvalue weighted by molar-refractivity contribution is 0.498. The van der Waals surface area contributed by atoms with E-state index in [0.717, 1.165) is 18.4 Å². The van der Waals surface area contributed by atoms with Gasteiger partial charge in [0.1, 0.15) is 15.5 Å². The molecule has 1 heterocycles. The first kappa shape index (κ1) is 13.8. The minimum atomic E-state index is -3.09. The van der Waals surface area contributed by atoms with Gasteiger partial charge in [0, 0.05) is 13.3 Å². The van der Waals surface area contributed by atoms with Gasteiger partial charge in [-0.15, -0.1) is 0 Å². The third-order valence-corrected chi connectivity index (χ3v) is 3.61. The number of anilines is 1. The van der Waals surface area contributed by atoms with Gasteiger partial charge in [0.2, 0.25) is 0 Å². The predicted molar refractivity (Wildman–Crippen MR) is 67.8 cm³/mol. The molecule has 0 amide bonds. The molecule has 1 aromatic rings. The van der Waals surface area contributed by atoms with Crippen LogP contribution in [-0.4, -0.2) is 29.8 Å². The SMILES string of the molecule is CCCc1c(N)c(=O)n(CCS(C)(=O)=O)n1C. The van der Waals surface area contributed by atoms with Crippen LogP contribution in [0.15, 0.2) is 4.79 Å². The largest absolute Gasteiger partial charge is 0.393 e. The summed E-state index contributed by atoms with van der Waals surface area (Å²) in [5.41, 5.74) is 6.41. The van der Waals surface area contributed by atoms with Gasteiger partial charge in [0.25, 0.3) is 5.56 Å². The van der Waals surface area contributed by atoms with Crippen LogP contribution in [0, 0.1) is 0 Å². The minimum absolute atomic E-state index is 0.0598. The first-order valence-electron chi connectivity index (χ1n) is 5.49. The van der Waals surface area contributed by atoms with Gasteiger partial charge >= 0.3 is 0 Å². The molecule has 0 aliphatic heterocycles. The molecular weight excluding hydrogens is 242 g/mol. The average Bonchev–Trinajstić information content (AvgIpc) is 2.40. The van der Waals surface area contributed by atoms with Crippen LogP contribution >= 0.6 is 0 Å². The van der Waals surface area contributed by atoms with E-state index < -0.39 is 9.84 Å². The van der Waals surface area contributed by atoms with Crippen molar-refractivity contribution in [3.05, 3.63) is 16.0 Å². The van der Waals surface area contributed by atoms with Crippen molar-refractivity contribution in [2.75, 3.05) is 17.7 Å². The van der Waals surface area contributed by atoms with E-state index in [1.54, 1.807) is 11.7 Å². The smallest absolute Gasteiger partial charge is 0.290 e. The summed E-state index contributed by atoms with van der Waals surface area (Å²) < 4.78 is 25.2. The van der Waals surface area contributed by atoms with Gasteiger partial charge in [-0.1, -0.05) is 13.3 Å². The molecule has 1 aromatic heterocycles. The summed E-state index contributed by atoms with van der Waals surface area (Å²) in [6.45, 7) is 2.14. The molecule has 0 fully saturated rings. The fraction of sp³-hybridized carbons (Fsp3) is 0.700. The van der Waals surface area contributed by atoms with Crippen molar-refractivity contribution in [2.45, 2.75) is 26.3 Å². The molecule has 0 saturated carbocycles. The number of hydrogen-bond acceptors (Lipinski definition) is 4. The van der Waals surface area contributed by atoms with Crippen molar-refractivity contribution in [2.24, 2.45) is 7.05 Å². The Bertz CT molecular complexity index is 554. The van der Waals surface area contributed by atoms with Crippen molar-refractivity contribution in [3.63, 3.8) is 0 Å². The van der Waals surface area contributed by atoms with Gasteiger partial charge in [0.15, 0.2) is 0 Å². The van der Waals surface area contributed by atoms with Gasteiger partial charge in [-0.3, -0.25) is 9.48 Å². The van der Waals surface area contributed by atoms with Crippen LogP contribution in [-0.2, 0) is 29.9 Å². The number of sulfone groups is 1. The molecule has 98 valence electrons. The minimum Gasteiger partial charge on any atom is -0.393 e. The van der Waals surface area contributed by atoms with E-state index in [0.29, 0.717) is 6.42 Å². The Morgan fingerprint density at radius 3 is 2.41 bits per heavy atom. The zero-order valence-corrected chi connectivity index (χ0v) is 11.2. The molecule has 0 unspecified atom stereocenters. The quantitative estimate of drug-likeness (QED) is 0.793. The molecule has 0 saturated heterocycles.